The maximum absolute atomic E-state index is 11.8. The Kier molecular flexibility index (Phi) is 6.40. The summed E-state index contributed by atoms with van der Waals surface area (Å²) in [5, 5.41) is 14.1. The number of rotatable bonds is 7. The van der Waals surface area contributed by atoms with Gasteiger partial charge in [-0.25, -0.2) is 0 Å². The summed E-state index contributed by atoms with van der Waals surface area (Å²) < 4.78 is 0. The Morgan fingerprint density at radius 3 is 3.00 bits per heavy atom. The highest BCUT2D eigenvalue weighted by molar-refractivity contribution is 7.14. The average molecular weight is 265 g/mol. The van der Waals surface area contributed by atoms with Crippen LogP contribution in [0.2, 0.25) is 0 Å². The number of anilines is 1. The van der Waals surface area contributed by atoms with Gasteiger partial charge in [-0.3, -0.25) is 4.79 Å². The van der Waals surface area contributed by atoms with Crippen LogP contribution in [-0.4, -0.2) is 12.5 Å². The van der Waals surface area contributed by atoms with E-state index in [9.17, 15) is 4.79 Å². The minimum absolute atomic E-state index is 0.0237. The van der Waals surface area contributed by atoms with Crippen LogP contribution in [0.15, 0.2) is 11.4 Å². The molecule has 5 heteroatoms. The fraction of sp³-hybridized carbons (Fsp3) is 0.538. The van der Waals surface area contributed by atoms with Gasteiger partial charge in [-0.05, 0) is 36.8 Å². The number of hydrogen-bond donors (Lipinski definition) is 2. The van der Waals surface area contributed by atoms with Crippen LogP contribution in [0.5, 0.6) is 0 Å². The third kappa shape index (κ3) is 4.47. The van der Waals surface area contributed by atoms with E-state index in [0.29, 0.717) is 29.4 Å². The molecule has 98 valence electrons. The molecule has 0 aromatic carbocycles. The van der Waals surface area contributed by atoms with Crippen LogP contribution in [0.25, 0.3) is 0 Å². The zero-order valence-electron chi connectivity index (χ0n) is 10.6. The van der Waals surface area contributed by atoms with Gasteiger partial charge in [0.1, 0.15) is 11.1 Å². The second kappa shape index (κ2) is 7.85. The molecule has 0 saturated carbocycles. The Balaban J connectivity index is 2.40. The van der Waals surface area contributed by atoms with Gasteiger partial charge < -0.3 is 11.1 Å². The van der Waals surface area contributed by atoms with Crippen molar-refractivity contribution in [3.05, 3.63) is 17.0 Å². The standard InChI is InChI=1S/C13H19N3OS/c1-2-10(5-7-14)3-4-12(17)16-13-11(9-15)6-8-18-13/h6,8,10H,2-5,7,14H2,1H3,(H,16,17). The molecule has 1 rings (SSSR count). The minimum Gasteiger partial charge on any atom is -0.330 e. The summed E-state index contributed by atoms with van der Waals surface area (Å²) in [6, 6.07) is 3.77. The molecule has 4 nitrogen and oxygen atoms in total. The molecule has 1 aromatic rings. The molecule has 0 radical (unpaired) electrons. The van der Waals surface area contributed by atoms with Gasteiger partial charge in [0.2, 0.25) is 5.91 Å². The molecular formula is C13H19N3OS. The van der Waals surface area contributed by atoms with Crippen molar-refractivity contribution in [2.24, 2.45) is 11.7 Å². The fourth-order valence-corrected chi connectivity index (χ4v) is 2.56. The number of nitriles is 1. The Labute approximate surface area is 112 Å². The van der Waals surface area contributed by atoms with Crippen molar-refractivity contribution in [2.45, 2.75) is 32.6 Å². The van der Waals surface area contributed by atoms with Crippen LogP contribution >= 0.6 is 11.3 Å². The zero-order chi connectivity index (χ0) is 13.4. The monoisotopic (exact) mass is 265 g/mol. The van der Waals surface area contributed by atoms with Crippen LogP contribution in [-0.2, 0) is 4.79 Å². The number of nitrogens with one attached hydrogen (secondary N) is 1. The largest absolute Gasteiger partial charge is 0.330 e. The molecule has 1 atom stereocenters. The van der Waals surface area contributed by atoms with Gasteiger partial charge in [-0.15, -0.1) is 11.3 Å². The van der Waals surface area contributed by atoms with Crippen molar-refractivity contribution in [1.82, 2.24) is 0 Å². The lowest BCUT2D eigenvalue weighted by atomic mass is 9.96. The summed E-state index contributed by atoms with van der Waals surface area (Å²) in [5.74, 6) is 0.490. The highest BCUT2D eigenvalue weighted by Gasteiger charge is 2.11. The molecule has 1 amide bonds. The maximum atomic E-state index is 11.8. The van der Waals surface area contributed by atoms with Gasteiger partial charge in [0.25, 0.3) is 0 Å². The first kappa shape index (κ1) is 14.7. The quantitative estimate of drug-likeness (QED) is 0.795. The Morgan fingerprint density at radius 2 is 2.39 bits per heavy atom. The van der Waals surface area contributed by atoms with Crippen LogP contribution in [0.1, 0.15) is 38.2 Å². The Hall–Kier alpha value is -1.38. The summed E-state index contributed by atoms with van der Waals surface area (Å²) in [4.78, 5) is 11.8. The first-order valence-corrected chi connectivity index (χ1v) is 7.06. The predicted octanol–water partition coefficient (Wildman–Crippen LogP) is 2.71. The highest BCUT2D eigenvalue weighted by atomic mass is 32.1. The van der Waals surface area contributed by atoms with Crippen LogP contribution in [0, 0.1) is 17.2 Å². The van der Waals surface area contributed by atoms with Gasteiger partial charge in [0.15, 0.2) is 0 Å². The number of amides is 1. The van der Waals surface area contributed by atoms with Crippen molar-refractivity contribution in [1.29, 1.82) is 5.26 Å². The number of nitrogens with zero attached hydrogens (tertiary/aromatic N) is 1. The molecule has 0 spiro atoms. The van der Waals surface area contributed by atoms with Gasteiger partial charge in [0.05, 0.1) is 5.56 Å². The molecular weight excluding hydrogens is 246 g/mol. The fourth-order valence-electron chi connectivity index (χ4n) is 1.81. The van der Waals surface area contributed by atoms with E-state index in [1.54, 1.807) is 11.4 Å². The molecule has 1 unspecified atom stereocenters. The summed E-state index contributed by atoms with van der Waals surface area (Å²) in [6.07, 6.45) is 3.35. The van der Waals surface area contributed by atoms with E-state index in [-0.39, 0.29) is 5.91 Å². The summed E-state index contributed by atoms with van der Waals surface area (Å²) in [5.41, 5.74) is 6.05. The molecule has 3 N–H and O–H groups in total. The smallest absolute Gasteiger partial charge is 0.225 e. The first-order valence-electron chi connectivity index (χ1n) is 6.18. The average Bonchev–Trinajstić information content (AvgIpc) is 2.81. The van der Waals surface area contributed by atoms with E-state index < -0.39 is 0 Å². The van der Waals surface area contributed by atoms with Gasteiger partial charge >= 0.3 is 0 Å². The SMILES string of the molecule is CCC(CCN)CCC(=O)Nc1sccc1C#N. The van der Waals surface area contributed by atoms with Crippen molar-refractivity contribution >= 4 is 22.2 Å². The molecule has 0 fully saturated rings. The van der Waals surface area contributed by atoms with Gasteiger partial charge in [-0.2, -0.15) is 5.26 Å². The molecule has 1 aromatic heterocycles. The van der Waals surface area contributed by atoms with E-state index in [1.165, 1.54) is 11.3 Å². The van der Waals surface area contributed by atoms with E-state index in [1.807, 2.05) is 0 Å². The molecule has 18 heavy (non-hydrogen) atoms. The van der Waals surface area contributed by atoms with Crippen molar-refractivity contribution in [3.63, 3.8) is 0 Å². The highest BCUT2D eigenvalue weighted by Crippen LogP contribution is 2.23. The first-order chi connectivity index (χ1) is 8.71. The van der Waals surface area contributed by atoms with Crippen molar-refractivity contribution in [3.8, 4) is 6.07 Å². The molecule has 0 aliphatic heterocycles. The van der Waals surface area contributed by atoms with E-state index in [0.717, 1.165) is 19.3 Å². The Bertz CT molecular complexity index is 422. The summed E-state index contributed by atoms with van der Waals surface area (Å²) in [7, 11) is 0. The van der Waals surface area contributed by atoms with Crippen molar-refractivity contribution in [2.75, 3.05) is 11.9 Å². The normalized spacial score (nSPS) is 11.8. The maximum Gasteiger partial charge on any atom is 0.225 e. The van der Waals surface area contributed by atoms with E-state index >= 15 is 0 Å². The zero-order valence-corrected chi connectivity index (χ0v) is 11.4. The molecule has 0 saturated heterocycles. The lowest BCUT2D eigenvalue weighted by Crippen LogP contribution is -2.14. The Morgan fingerprint density at radius 1 is 1.61 bits per heavy atom. The van der Waals surface area contributed by atoms with Crippen LogP contribution < -0.4 is 11.1 Å². The molecule has 0 aliphatic carbocycles. The second-order valence-electron chi connectivity index (χ2n) is 4.21. The number of carbonyl (C=O) groups excluding carboxylic acids is 1. The van der Waals surface area contributed by atoms with Crippen molar-refractivity contribution < 1.29 is 4.79 Å². The third-order valence-electron chi connectivity index (χ3n) is 2.97. The molecule has 1 heterocycles. The number of nitrogens with two attached hydrogens (primary N) is 1. The van der Waals surface area contributed by atoms with Crippen LogP contribution in [0.3, 0.4) is 0 Å². The van der Waals surface area contributed by atoms with E-state index in [4.69, 9.17) is 11.0 Å². The topological polar surface area (TPSA) is 78.9 Å². The second-order valence-corrected chi connectivity index (χ2v) is 5.13. The van der Waals surface area contributed by atoms with Gasteiger partial charge in [0, 0.05) is 6.42 Å². The number of thiophene rings is 1. The molecule has 0 aliphatic rings. The lowest BCUT2D eigenvalue weighted by molar-refractivity contribution is -0.116. The number of carbonyl (C=O) groups is 1. The lowest BCUT2D eigenvalue weighted by Gasteiger charge is -2.12. The van der Waals surface area contributed by atoms with E-state index in [2.05, 4.69) is 18.3 Å². The minimum atomic E-state index is -0.0237. The third-order valence-corrected chi connectivity index (χ3v) is 3.80. The summed E-state index contributed by atoms with van der Waals surface area (Å²) in [6.45, 7) is 2.79. The molecule has 0 bridgehead atoms. The van der Waals surface area contributed by atoms with Crippen LogP contribution in [0.4, 0.5) is 5.00 Å². The predicted molar refractivity (Wildman–Crippen MR) is 74.4 cm³/mol. The van der Waals surface area contributed by atoms with Gasteiger partial charge in [-0.1, -0.05) is 13.3 Å². The summed E-state index contributed by atoms with van der Waals surface area (Å²) >= 11 is 1.38. The number of hydrogen-bond acceptors (Lipinski definition) is 4.